The first kappa shape index (κ1) is 9.81. The van der Waals surface area contributed by atoms with Crippen molar-refractivity contribution in [3.05, 3.63) is 48.2 Å². The molecule has 2 heteroatoms. The largest absolute Gasteiger partial charge is 0.502 e. The van der Waals surface area contributed by atoms with E-state index in [1.807, 2.05) is 37.3 Å². The van der Waals surface area contributed by atoms with E-state index in [2.05, 4.69) is 0 Å². The van der Waals surface area contributed by atoms with Crippen LogP contribution in [0.25, 0.3) is 0 Å². The molecule has 0 spiro atoms. The Morgan fingerprint density at radius 2 is 2.08 bits per heavy atom. The minimum absolute atomic E-state index is 0.576. The third kappa shape index (κ3) is 3.30. The van der Waals surface area contributed by atoms with Crippen LogP contribution >= 0.6 is 0 Å². The van der Waals surface area contributed by atoms with Gasteiger partial charge in [0.05, 0.1) is 12.9 Å². The Hall–Kier alpha value is -1.28. The first-order valence-electron chi connectivity index (χ1n) is 4.36. The Balaban J connectivity index is 2.53. The first-order chi connectivity index (χ1) is 6.34. The summed E-state index contributed by atoms with van der Waals surface area (Å²) in [5.74, 6) is 0. The smallest absolute Gasteiger partial charge is 0.100 e. The van der Waals surface area contributed by atoms with Gasteiger partial charge in [-0.3, -0.25) is 0 Å². The molecule has 0 saturated heterocycles. The maximum atomic E-state index is 9.58. The van der Waals surface area contributed by atoms with Crippen LogP contribution in [0.4, 0.5) is 0 Å². The summed E-state index contributed by atoms with van der Waals surface area (Å²) in [6.07, 6.45) is 2.57. The van der Waals surface area contributed by atoms with Crippen LogP contribution in [0.2, 0.25) is 0 Å². The van der Waals surface area contributed by atoms with E-state index in [0.29, 0.717) is 6.61 Å². The van der Waals surface area contributed by atoms with E-state index in [1.165, 1.54) is 6.26 Å². The summed E-state index contributed by atoms with van der Waals surface area (Å²) in [6, 6.07) is 9.46. The molecule has 0 saturated carbocycles. The molecule has 1 N–H and O–H groups in total. The molecule has 0 radical (unpaired) electrons. The number of rotatable bonds is 4. The second-order valence-corrected chi connectivity index (χ2v) is 2.64. The lowest BCUT2D eigenvalue weighted by molar-refractivity contribution is 0.214. The predicted molar refractivity (Wildman–Crippen MR) is 52.2 cm³/mol. The summed E-state index contributed by atoms with van der Waals surface area (Å²) in [7, 11) is 0. The lowest BCUT2D eigenvalue weighted by Crippen LogP contribution is -1.92. The van der Waals surface area contributed by atoms with Crippen molar-refractivity contribution in [3.8, 4) is 0 Å². The highest BCUT2D eigenvalue weighted by Gasteiger charge is 2.00. The molecular weight excluding hydrogens is 164 g/mol. The van der Waals surface area contributed by atoms with Gasteiger partial charge in [0.25, 0.3) is 0 Å². The van der Waals surface area contributed by atoms with Crippen molar-refractivity contribution in [2.24, 2.45) is 0 Å². The molecule has 13 heavy (non-hydrogen) atoms. The van der Waals surface area contributed by atoms with Crippen molar-refractivity contribution < 1.29 is 9.84 Å². The molecule has 1 aromatic rings. The van der Waals surface area contributed by atoms with Crippen LogP contribution in [0.15, 0.2) is 42.7 Å². The quantitative estimate of drug-likeness (QED) is 0.717. The molecule has 0 bridgehead atoms. The number of hydrogen-bond acceptors (Lipinski definition) is 2. The number of ether oxygens (including phenoxy) is 1. The molecule has 0 amide bonds. The molecule has 0 aliphatic carbocycles. The van der Waals surface area contributed by atoms with Gasteiger partial charge in [-0.2, -0.15) is 0 Å². The molecule has 1 rings (SSSR count). The first-order valence-corrected chi connectivity index (χ1v) is 4.36. The summed E-state index contributed by atoms with van der Waals surface area (Å²) < 4.78 is 4.99. The van der Waals surface area contributed by atoms with Crippen molar-refractivity contribution in [3.63, 3.8) is 0 Å². The number of aliphatic hydroxyl groups excluding tert-OH is 1. The van der Waals surface area contributed by atoms with Gasteiger partial charge < -0.3 is 9.84 Å². The lowest BCUT2D eigenvalue weighted by Gasteiger charge is -2.04. The fourth-order valence-corrected chi connectivity index (χ4v) is 0.988. The zero-order valence-electron chi connectivity index (χ0n) is 7.68. The van der Waals surface area contributed by atoms with Gasteiger partial charge in [-0.25, -0.2) is 0 Å². The molecule has 70 valence electrons. The third-order valence-corrected chi connectivity index (χ3v) is 1.66. The van der Waals surface area contributed by atoms with Gasteiger partial charge in [0.15, 0.2) is 0 Å². The highest BCUT2D eigenvalue weighted by molar-refractivity contribution is 5.20. The molecule has 1 atom stereocenters. The molecule has 1 aromatic carbocycles. The van der Waals surface area contributed by atoms with Gasteiger partial charge in [0.2, 0.25) is 0 Å². The number of hydrogen-bond donors (Lipinski definition) is 1. The summed E-state index contributed by atoms with van der Waals surface area (Å²) in [5.41, 5.74) is 0.874. The van der Waals surface area contributed by atoms with E-state index < -0.39 is 6.10 Å². The molecule has 0 aliphatic rings. The Morgan fingerprint density at radius 3 is 2.69 bits per heavy atom. The van der Waals surface area contributed by atoms with Crippen LogP contribution in [-0.2, 0) is 4.74 Å². The Bertz CT molecular complexity index is 254. The van der Waals surface area contributed by atoms with Gasteiger partial charge in [-0.1, -0.05) is 30.3 Å². The molecule has 0 unspecified atom stereocenters. The second-order valence-electron chi connectivity index (χ2n) is 2.64. The van der Waals surface area contributed by atoms with E-state index >= 15 is 0 Å². The molecule has 0 aliphatic heterocycles. The summed E-state index contributed by atoms with van der Waals surface area (Å²) in [5, 5.41) is 9.58. The van der Waals surface area contributed by atoms with Crippen LogP contribution in [0.5, 0.6) is 0 Å². The maximum Gasteiger partial charge on any atom is 0.100 e. The summed E-state index contributed by atoms with van der Waals surface area (Å²) >= 11 is 0. The average Bonchev–Trinajstić information content (AvgIpc) is 2.19. The van der Waals surface area contributed by atoms with E-state index in [1.54, 1.807) is 6.08 Å². The highest BCUT2D eigenvalue weighted by atomic mass is 16.5. The van der Waals surface area contributed by atoms with Gasteiger partial charge in [0.1, 0.15) is 6.10 Å². The van der Waals surface area contributed by atoms with E-state index in [4.69, 9.17) is 4.74 Å². The maximum absolute atomic E-state index is 9.58. The van der Waals surface area contributed by atoms with Gasteiger partial charge in [-0.05, 0) is 18.6 Å². The van der Waals surface area contributed by atoms with Crippen LogP contribution in [0.3, 0.4) is 0 Å². The normalized spacial score (nSPS) is 13.1. The molecular formula is C11H14O2. The topological polar surface area (TPSA) is 29.5 Å². The predicted octanol–water partition coefficient (Wildman–Crippen LogP) is 2.27. The summed E-state index contributed by atoms with van der Waals surface area (Å²) in [4.78, 5) is 0. The Kier molecular flexibility index (Phi) is 4.06. The van der Waals surface area contributed by atoms with Crippen LogP contribution in [0, 0.1) is 0 Å². The third-order valence-electron chi connectivity index (χ3n) is 1.66. The van der Waals surface area contributed by atoms with Crippen molar-refractivity contribution in [1.29, 1.82) is 0 Å². The van der Waals surface area contributed by atoms with Crippen molar-refractivity contribution in [2.45, 2.75) is 13.0 Å². The number of aliphatic hydroxyl groups is 1. The van der Waals surface area contributed by atoms with Crippen LogP contribution in [-0.4, -0.2) is 11.7 Å². The van der Waals surface area contributed by atoms with Crippen molar-refractivity contribution in [2.75, 3.05) is 6.61 Å². The van der Waals surface area contributed by atoms with Gasteiger partial charge in [0, 0.05) is 0 Å². The average molecular weight is 178 g/mol. The second kappa shape index (κ2) is 5.38. The zero-order valence-corrected chi connectivity index (χ0v) is 7.68. The zero-order chi connectivity index (χ0) is 9.52. The van der Waals surface area contributed by atoms with E-state index in [-0.39, 0.29) is 0 Å². The van der Waals surface area contributed by atoms with E-state index in [0.717, 1.165) is 5.56 Å². The van der Waals surface area contributed by atoms with E-state index in [9.17, 15) is 5.11 Å². The molecule has 0 fully saturated rings. The fourth-order valence-electron chi connectivity index (χ4n) is 0.988. The number of benzene rings is 1. The molecule has 0 aromatic heterocycles. The minimum atomic E-state index is -0.576. The van der Waals surface area contributed by atoms with Crippen LogP contribution < -0.4 is 0 Å². The van der Waals surface area contributed by atoms with Gasteiger partial charge in [-0.15, -0.1) is 0 Å². The summed E-state index contributed by atoms with van der Waals surface area (Å²) in [6.45, 7) is 2.53. The highest BCUT2D eigenvalue weighted by Crippen LogP contribution is 2.12. The van der Waals surface area contributed by atoms with Crippen LogP contribution in [0.1, 0.15) is 18.6 Å². The van der Waals surface area contributed by atoms with Crippen molar-refractivity contribution >= 4 is 0 Å². The SMILES string of the molecule is CCO/C=C/[C@H](O)c1ccccc1. The Morgan fingerprint density at radius 1 is 1.38 bits per heavy atom. The standard InChI is InChI=1S/C11H14O2/c1-2-13-9-8-11(12)10-6-4-3-5-7-10/h3-9,11-12H,2H2,1H3/b9-8+/t11-/m0/s1. The molecule has 2 nitrogen and oxygen atoms in total. The fraction of sp³-hybridized carbons (Fsp3) is 0.273. The lowest BCUT2D eigenvalue weighted by atomic mass is 10.1. The van der Waals surface area contributed by atoms with Gasteiger partial charge >= 0.3 is 0 Å². The molecule has 0 heterocycles. The monoisotopic (exact) mass is 178 g/mol. The minimum Gasteiger partial charge on any atom is -0.502 e. The van der Waals surface area contributed by atoms with Crippen molar-refractivity contribution in [1.82, 2.24) is 0 Å². The Labute approximate surface area is 78.5 Å².